The molecule has 0 aromatic heterocycles. The Kier molecular flexibility index (Phi) is 3.65. The number of halogens is 1. The number of rotatable bonds is 4. The Hall–Kier alpha value is -1.35. The van der Waals surface area contributed by atoms with Gasteiger partial charge < -0.3 is 9.84 Å². The van der Waals surface area contributed by atoms with Crippen LogP contribution in [0.4, 0.5) is 4.39 Å². The molecule has 0 heterocycles. The van der Waals surface area contributed by atoms with Crippen LogP contribution in [0.2, 0.25) is 0 Å². The molecule has 2 nitrogen and oxygen atoms in total. The van der Waals surface area contributed by atoms with Crippen molar-refractivity contribution >= 4 is 0 Å². The molecule has 1 aromatic rings. The van der Waals surface area contributed by atoms with E-state index in [4.69, 9.17) is 4.74 Å². The number of aliphatic hydroxyl groups excluding tert-OH is 1. The number of aliphatic hydroxyl groups is 1. The van der Waals surface area contributed by atoms with E-state index in [1.807, 2.05) is 0 Å². The van der Waals surface area contributed by atoms with Gasteiger partial charge in [-0.25, -0.2) is 4.39 Å². The molecule has 14 heavy (non-hydrogen) atoms. The molecule has 0 aliphatic rings. The van der Waals surface area contributed by atoms with Crippen molar-refractivity contribution < 1.29 is 14.2 Å². The standard InChI is InChI=1S/C11H13FO2/c1-3-4-11(13)9-6-5-8(14-2)7-10(9)12/h3,5-7,11,13H,1,4H2,2H3. The second-order valence-corrected chi connectivity index (χ2v) is 2.93. The van der Waals surface area contributed by atoms with Crippen LogP contribution < -0.4 is 4.74 Å². The van der Waals surface area contributed by atoms with Crippen molar-refractivity contribution in [1.82, 2.24) is 0 Å². The summed E-state index contributed by atoms with van der Waals surface area (Å²) in [6.45, 7) is 3.48. The van der Waals surface area contributed by atoms with E-state index in [1.54, 1.807) is 12.1 Å². The molecule has 76 valence electrons. The lowest BCUT2D eigenvalue weighted by atomic mass is 10.1. The highest BCUT2D eigenvalue weighted by Crippen LogP contribution is 2.23. The van der Waals surface area contributed by atoms with Gasteiger partial charge in [-0.2, -0.15) is 0 Å². The summed E-state index contributed by atoms with van der Waals surface area (Å²) < 4.78 is 18.2. The highest BCUT2D eigenvalue weighted by Gasteiger charge is 2.11. The van der Waals surface area contributed by atoms with Gasteiger partial charge in [0.25, 0.3) is 0 Å². The Balaban J connectivity index is 2.93. The molecule has 1 atom stereocenters. The van der Waals surface area contributed by atoms with Crippen LogP contribution in [0.25, 0.3) is 0 Å². The first-order valence-corrected chi connectivity index (χ1v) is 4.31. The van der Waals surface area contributed by atoms with Gasteiger partial charge in [0.15, 0.2) is 0 Å². The summed E-state index contributed by atoms with van der Waals surface area (Å²) in [5, 5.41) is 9.51. The number of methoxy groups -OCH3 is 1. The third kappa shape index (κ3) is 2.33. The molecule has 1 unspecified atom stereocenters. The zero-order valence-corrected chi connectivity index (χ0v) is 8.03. The Labute approximate surface area is 82.6 Å². The second-order valence-electron chi connectivity index (χ2n) is 2.93. The third-order valence-electron chi connectivity index (χ3n) is 1.96. The average molecular weight is 196 g/mol. The molecule has 1 N–H and O–H groups in total. The quantitative estimate of drug-likeness (QED) is 0.749. The van der Waals surface area contributed by atoms with E-state index in [1.165, 1.54) is 19.2 Å². The lowest BCUT2D eigenvalue weighted by molar-refractivity contribution is 0.176. The van der Waals surface area contributed by atoms with Gasteiger partial charge >= 0.3 is 0 Å². The van der Waals surface area contributed by atoms with Gasteiger partial charge in [0.2, 0.25) is 0 Å². The van der Waals surface area contributed by atoms with Crippen LogP contribution >= 0.6 is 0 Å². The SMILES string of the molecule is C=CCC(O)c1ccc(OC)cc1F. The summed E-state index contributed by atoms with van der Waals surface area (Å²) in [6.07, 6.45) is 1.05. The van der Waals surface area contributed by atoms with Crippen LogP contribution in [0.1, 0.15) is 18.1 Å². The van der Waals surface area contributed by atoms with Gasteiger partial charge in [0.1, 0.15) is 11.6 Å². The maximum absolute atomic E-state index is 13.3. The van der Waals surface area contributed by atoms with E-state index >= 15 is 0 Å². The Morgan fingerprint density at radius 3 is 2.86 bits per heavy atom. The van der Waals surface area contributed by atoms with Crippen LogP contribution in [0, 0.1) is 5.82 Å². The predicted octanol–water partition coefficient (Wildman–Crippen LogP) is 2.44. The van der Waals surface area contributed by atoms with E-state index in [0.29, 0.717) is 12.2 Å². The van der Waals surface area contributed by atoms with Crippen molar-refractivity contribution in [2.24, 2.45) is 0 Å². The second kappa shape index (κ2) is 4.77. The molecule has 0 saturated carbocycles. The van der Waals surface area contributed by atoms with Crippen molar-refractivity contribution in [3.05, 3.63) is 42.2 Å². The first-order chi connectivity index (χ1) is 6.69. The third-order valence-corrected chi connectivity index (χ3v) is 1.96. The van der Waals surface area contributed by atoms with Crippen LogP contribution in [0.15, 0.2) is 30.9 Å². The van der Waals surface area contributed by atoms with Gasteiger partial charge in [-0.15, -0.1) is 6.58 Å². The zero-order chi connectivity index (χ0) is 10.6. The molecule has 0 spiro atoms. The van der Waals surface area contributed by atoms with Gasteiger partial charge in [-0.1, -0.05) is 6.08 Å². The maximum atomic E-state index is 13.3. The fourth-order valence-electron chi connectivity index (χ4n) is 1.19. The lowest BCUT2D eigenvalue weighted by Gasteiger charge is -2.10. The largest absolute Gasteiger partial charge is 0.497 e. The highest BCUT2D eigenvalue weighted by atomic mass is 19.1. The van der Waals surface area contributed by atoms with Crippen LogP contribution in [-0.2, 0) is 0 Å². The minimum absolute atomic E-state index is 0.269. The van der Waals surface area contributed by atoms with E-state index in [-0.39, 0.29) is 5.56 Å². The molecular weight excluding hydrogens is 183 g/mol. The highest BCUT2D eigenvalue weighted by molar-refractivity contribution is 5.30. The molecule has 0 radical (unpaired) electrons. The molecule has 3 heteroatoms. The molecule has 0 aliphatic heterocycles. The molecule has 0 aliphatic carbocycles. The van der Waals surface area contributed by atoms with E-state index in [9.17, 15) is 9.50 Å². The van der Waals surface area contributed by atoms with Crippen LogP contribution in [0.3, 0.4) is 0 Å². The molecule has 0 amide bonds. The summed E-state index contributed by atoms with van der Waals surface area (Å²) in [4.78, 5) is 0. The molecule has 0 saturated heterocycles. The Morgan fingerprint density at radius 1 is 1.64 bits per heavy atom. The van der Waals surface area contributed by atoms with Gasteiger partial charge in [-0.3, -0.25) is 0 Å². The number of hydrogen-bond donors (Lipinski definition) is 1. The number of benzene rings is 1. The van der Waals surface area contributed by atoms with E-state index in [0.717, 1.165) is 0 Å². The van der Waals surface area contributed by atoms with Crippen molar-refractivity contribution in [2.45, 2.75) is 12.5 Å². The van der Waals surface area contributed by atoms with Crippen molar-refractivity contribution in [1.29, 1.82) is 0 Å². The van der Waals surface area contributed by atoms with Crippen molar-refractivity contribution in [2.75, 3.05) is 7.11 Å². The van der Waals surface area contributed by atoms with Gasteiger partial charge in [0, 0.05) is 11.6 Å². The first kappa shape index (κ1) is 10.7. The average Bonchev–Trinajstić information content (AvgIpc) is 2.17. The maximum Gasteiger partial charge on any atom is 0.132 e. The normalized spacial score (nSPS) is 12.2. The van der Waals surface area contributed by atoms with Crippen molar-refractivity contribution in [3.63, 3.8) is 0 Å². The van der Waals surface area contributed by atoms with Gasteiger partial charge in [0.05, 0.1) is 13.2 Å². The zero-order valence-electron chi connectivity index (χ0n) is 8.03. The predicted molar refractivity (Wildman–Crippen MR) is 52.7 cm³/mol. The Morgan fingerprint density at radius 2 is 2.36 bits per heavy atom. The molecular formula is C11H13FO2. The van der Waals surface area contributed by atoms with E-state index in [2.05, 4.69) is 6.58 Å². The fourth-order valence-corrected chi connectivity index (χ4v) is 1.19. The van der Waals surface area contributed by atoms with Crippen molar-refractivity contribution in [3.8, 4) is 5.75 Å². The smallest absolute Gasteiger partial charge is 0.132 e. The monoisotopic (exact) mass is 196 g/mol. The summed E-state index contributed by atoms with van der Waals surface area (Å²) in [7, 11) is 1.47. The topological polar surface area (TPSA) is 29.5 Å². The number of ether oxygens (including phenoxy) is 1. The van der Waals surface area contributed by atoms with E-state index < -0.39 is 11.9 Å². The minimum atomic E-state index is -0.835. The summed E-state index contributed by atoms with van der Waals surface area (Å²) in [5.74, 6) is -0.0178. The molecule has 0 fully saturated rings. The summed E-state index contributed by atoms with van der Waals surface area (Å²) in [5.41, 5.74) is 0.269. The molecule has 1 rings (SSSR count). The molecule has 1 aromatic carbocycles. The summed E-state index contributed by atoms with van der Waals surface area (Å²) >= 11 is 0. The van der Waals surface area contributed by atoms with Gasteiger partial charge in [-0.05, 0) is 18.6 Å². The van der Waals surface area contributed by atoms with Crippen LogP contribution in [-0.4, -0.2) is 12.2 Å². The minimum Gasteiger partial charge on any atom is -0.497 e. The fraction of sp³-hybridized carbons (Fsp3) is 0.273. The molecule has 0 bridgehead atoms. The van der Waals surface area contributed by atoms with Crippen LogP contribution in [0.5, 0.6) is 5.75 Å². The lowest BCUT2D eigenvalue weighted by Crippen LogP contribution is -1.99. The summed E-state index contributed by atoms with van der Waals surface area (Å²) in [6, 6.07) is 4.38. The first-order valence-electron chi connectivity index (χ1n) is 4.31. The number of hydrogen-bond acceptors (Lipinski definition) is 2. The Bertz CT molecular complexity index is 323.